The molecule has 1 unspecified atom stereocenters. The third kappa shape index (κ3) is 4.05. The highest BCUT2D eigenvalue weighted by Gasteiger charge is 2.32. The van der Waals surface area contributed by atoms with Crippen LogP contribution >= 0.6 is 0 Å². The standard InChI is InChI=1S/C25H27N5O/c1-25(2,14-26)10-9-17-13-31-22-6-4-3-5-18(22)20(17)12-27-23-19-11-21(16-7-8-16)30-24(19)29-15-28-23/h3-6,11-12,15-17,20H,7-10,13H2,1-2H3,(H,28,29,30)/p+1/b27-12+/t17-,20?/m0/s1. The average molecular weight is 415 g/mol. The monoisotopic (exact) mass is 414 g/mol. The summed E-state index contributed by atoms with van der Waals surface area (Å²) in [4.78, 5) is 16.0. The van der Waals surface area contributed by atoms with Crippen LogP contribution in [0.15, 0.2) is 41.7 Å². The van der Waals surface area contributed by atoms with E-state index in [1.54, 1.807) is 6.33 Å². The van der Waals surface area contributed by atoms with Crippen LogP contribution in [-0.4, -0.2) is 22.8 Å². The lowest BCUT2D eigenvalue weighted by molar-refractivity contribution is -0.365. The molecule has 3 aromatic rings. The van der Waals surface area contributed by atoms with Gasteiger partial charge in [-0.25, -0.2) is 4.98 Å². The zero-order valence-corrected chi connectivity index (χ0v) is 18.1. The van der Waals surface area contributed by atoms with Crippen molar-refractivity contribution >= 4 is 23.1 Å². The summed E-state index contributed by atoms with van der Waals surface area (Å²) in [5, 5.41) is 10.5. The van der Waals surface area contributed by atoms with Crippen molar-refractivity contribution in [3.05, 3.63) is 47.9 Å². The second-order valence-electron chi connectivity index (χ2n) is 9.46. The lowest BCUT2D eigenvalue weighted by Crippen LogP contribution is -2.28. The Morgan fingerprint density at radius 1 is 1.35 bits per heavy atom. The molecule has 2 atom stereocenters. The average Bonchev–Trinajstić information content (AvgIpc) is 3.55. The van der Waals surface area contributed by atoms with Crippen molar-refractivity contribution in [3.63, 3.8) is 0 Å². The van der Waals surface area contributed by atoms with E-state index in [2.05, 4.69) is 45.4 Å². The first-order chi connectivity index (χ1) is 15.0. The molecule has 1 aromatic carbocycles. The molecule has 0 spiro atoms. The van der Waals surface area contributed by atoms with Crippen molar-refractivity contribution in [3.8, 4) is 11.8 Å². The van der Waals surface area contributed by atoms with Gasteiger partial charge in [0.1, 0.15) is 11.1 Å². The molecule has 2 aromatic heterocycles. The number of nitrogens with zero attached hydrogens (tertiary/aromatic N) is 3. The number of aromatic amines is 2. The van der Waals surface area contributed by atoms with E-state index in [0.29, 0.717) is 12.5 Å². The molecule has 6 heteroatoms. The van der Waals surface area contributed by atoms with Crippen molar-refractivity contribution < 1.29 is 9.72 Å². The van der Waals surface area contributed by atoms with Crippen LogP contribution in [0, 0.1) is 22.7 Å². The number of para-hydroxylation sites is 1. The summed E-state index contributed by atoms with van der Waals surface area (Å²) in [7, 11) is 0. The molecule has 158 valence electrons. The summed E-state index contributed by atoms with van der Waals surface area (Å²) in [6.45, 7) is 4.64. The number of aromatic nitrogens is 3. The van der Waals surface area contributed by atoms with E-state index in [-0.39, 0.29) is 17.3 Å². The molecule has 3 heterocycles. The van der Waals surface area contributed by atoms with Gasteiger partial charge in [-0.1, -0.05) is 23.2 Å². The topological polar surface area (TPSA) is 88.2 Å². The molecule has 1 fully saturated rings. The Labute approximate surface area is 182 Å². The number of benzene rings is 1. The molecule has 1 aliphatic heterocycles. The smallest absolute Gasteiger partial charge is 0.272 e. The minimum atomic E-state index is -0.339. The number of hydrogen-bond acceptors (Lipinski definition) is 4. The number of fused-ring (bicyclic) bond motifs is 2. The molecule has 0 amide bonds. The van der Waals surface area contributed by atoms with Crippen LogP contribution < -0.4 is 9.72 Å². The minimum absolute atomic E-state index is 0.137. The molecular formula is C25H28N5O+. The van der Waals surface area contributed by atoms with E-state index in [1.165, 1.54) is 18.5 Å². The Morgan fingerprint density at radius 3 is 3.00 bits per heavy atom. The number of aliphatic imine (C=N–C) groups is 1. The molecule has 1 saturated carbocycles. The Balaban J connectivity index is 1.46. The molecule has 0 saturated heterocycles. The zero-order chi connectivity index (χ0) is 21.4. The number of ether oxygens (including phenoxy) is 1. The Morgan fingerprint density at radius 2 is 2.19 bits per heavy atom. The maximum absolute atomic E-state index is 9.42. The molecule has 6 nitrogen and oxygen atoms in total. The predicted octanol–water partition coefficient (Wildman–Crippen LogP) is 5.08. The molecular weight excluding hydrogens is 386 g/mol. The lowest BCUT2D eigenvalue weighted by atomic mass is 9.78. The van der Waals surface area contributed by atoms with E-state index < -0.39 is 0 Å². The fourth-order valence-corrected chi connectivity index (χ4v) is 4.37. The third-order valence-electron chi connectivity index (χ3n) is 6.53. The van der Waals surface area contributed by atoms with Crippen LogP contribution in [0.3, 0.4) is 0 Å². The molecule has 0 radical (unpaired) electrons. The highest BCUT2D eigenvalue weighted by atomic mass is 16.5. The quantitative estimate of drug-likeness (QED) is 0.571. The SMILES string of the molecule is CC(C)(C#N)CC[C@H]1COc2ccccc2C1/C=N/c1[nH+]cnc2[nH]c(C3CC3)cc12. The highest BCUT2D eigenvalue weighted by Crippen LogP contribution is 2.42. The van der Waals surface area contributed by atoms with Crippen LogP contribution in [0.5, 0.6) is 5.75 Å². The maximum atomic E-state index is 9.42. The second-order valence-corrected chi connectivity index (χ2v) is 9.46. The van der Waals surface area contributed by atoms with E-state index in [0.717, 1.165) is 41.0 Å². The maximum Gasteiger partial charge on any atom is 0.272 e. The number of H-pyrrole nitrogens is 2. The summed E-state index contributed by atoms with van der Waals surface area (Å²) in [6, 6.07) is 12.8. The number of rotatable bonds is 6. The fourth-order valence-electron chi connectivity index (χ4n) is 4.37. The summed E-state index contributed by atoms with van der Waals surface area (Å²) in [5.41, 5.74) is 2.96. The Bertz CT molecular complexity index is 1170. The minimum Gasteiger partial charge on any atom is -0.493 e. The summed E-state index contributed by atoms with van der Waals surface area (Å²) < 4.78 is 6.06. The van der Waals surface area contributed by atoms with Crippen LogP contribution in [0.4, 0.5) is 5.82 Å². The van der Waals surface area contributed by atoms with Gasteiger partial charge in [0.05, 0.1) is 24.3 Å². The Hall–Kier alpha value is -3.20. The van der Waals surface area contributed by atoms with Gasteiger partial charge in [-0.3, -0.25) is 0 Å². The van der Waals surface area contributed by atoms with Crippen LogP contribution in [0.25, 0.3) is 11.0 Å². The highest BCUT2D eigenvalue weighted by molar-refractivity contribution is 5.87. The summed E-state index contributed by atoms with van der Waals surface area (Å²) in [5.74, 6) is 2.81. The van der Waals surface area contributed by atoms with Gasteiger partial charge < -0.3 is 9.72 Å². The van der Waals surface area contributed by atoms with Gasteiger partial charge in [0.15, 0.2) is 0 Å². The van der Waals surface area contributed by atoms with Gasteiger partial charge in [-0.15, -0.1) is 4.99 Å². The number of hydrogen-bond donors (Lipinski definition) is 1. The normalized spacial score (nSPS) is 21.1. The van der Waals surface area contributed by atoms with Crippen molar-refractivity contribution in [2.75, 3.05) is 6.61 Å². The third-order valence-corrected chi connectivity index (χ3v) is 6.53. The zero-order valence-electron chi connectivity index (χ0n) is 18.1. The summed E-state index contributed by atoms with van der Waals surface area (Å²) in [6.07, 6.45) is 7.99. The lowest BCUT2D eigenvalue weighted by Gasteiger charge is -2.32. The van der Waals surface area contributed by atoms with E-state index >= 15 is 0 Å². The van der Waals surface area contributed by atoms with Gasteiger partial charge >= 0.3 is 0 Å². The fraction of sp³-hybridized carbons (Fsp3) is 0.440. The van der Waals surface area contributed by atoms with Crippen molar-refractivity contribution in [1.29, 1.82) is 5.26 Å². The number of nitrogens with one attached hydrogen (secondary N) is 2. The van der Waals surface area contributed by atoms with E-state index in [1.807, 2.05) is 26.0 Å². The molecule has 31 heavy (non-hydrogen) atoms. The first kappa shape index (κ1) is 19.7. The molecule has 0 bridgehead atoms. The first-order valence-corrected chi connectivity index (χ1v) is 11.1. The van der Waals surface area contributed by atoms with Crippen LogP contribution in [0.1, 0.15) is 62.6 Å². The molecule has 2 aliphatic rings. The van der Waals surface area contributed by atoms with Crippen molar-refractivity contribution in [2.24, 2.45) is 16.3 Å². The molecule has 1 aliphatic carbocycles. The number of nitriles is 1. The van der Waals surface area contributed by atoms with E-state index in [9.17, 15) is 5.26 Å². The second kappa shape index (κ2) is 7.81. The van der Waals surface area contributed by atoms with E-state index in [4.69, 9.17) is 9.73 Å². The van der Waals surface area contributed by atoms with Crippen LogP contribution in [0.2, 0.25) is 0 Å². The molecule has 2 N–H and O–H groups in total. The van der Waals surface area contributed by atoms with Crippen molar-refractivity contribution in [2.45, 2.75) is 51.4 Å². The van der Waals surface area contributed by atoms with Gasteiger partial charge in [-0.05, 0) is 57.6 Å². The summed E-state index contributed by atoms with van der Waals surface area (Å²) >= 11 is 0. The molecule has 5 rings (SSSR count). The Kier molecular flexibility index (Phi) is 4.97. The predicted molar refractivity (Wildman–Crippen MR) is 120 cm³/mol. The van der Waals surface area contributed by atoms with Crippen LogP contribution in [-0.2, 0) is 0 Å². The first-order valence-electron chi connectivity index (χ1n) is 11.1. The van der Waals surface area contributed by atoms with Gasteiger partial charge in [0, 0.05) is 23.1 Å². The van der Waals surface area contributed by atoms with Gasteiger partial charge in [-0.2, -0.15) is 5.26 Å². The van der Waals surface area contributed by atoms with Crippen molar-refractivity contribution in [1.82, 2.24) is 9.97 Å². The van der Waals surface area contributed by atoms with Gasteiger partial charge in [0.25, 0.3) is 5.82 Å². The largest absolute Gasteiger partial charge is 0.493 e. The van der Waals surface area contributed by atoms with Gasteiger partial charge in [0.2, 0.25) is 12.0 Å².